The molecule has 1 N–H and O–H groups in total. The quantitative estimate of drug-likeness (QED) is 0.614. The second-order valence-electron chi connectivity index (χ2n) is 4.12. The fraction of sp³-hybridized carbons (Fsp3) is 0.308. The SMILES string of the molecule is COC(=O)CN[C@H]1CC(=O)N(c2ccccc2)C1=O. The Balaban J connectivity index is 2.07. The van der Waals surface area contributed by atoms with Crippen molar-refractivity contribution in [3.63, 3.8) is 0 Å². The largest absolute Gasteiger partial charge is 0.468 e. The van der Waals surface area contributed by atoms with Crippen LogP contribution in [-0.4, -0.2) is 37.5 Å². The highest BCUT2D eigenvalue weighted by atomic mass is 16.5. The van der Waals surface area contributed by atoms with Crippen molar-refractivity contribution < 1.29 is 19.1 Å². The van der Waals surface area contributed by atoms with Gasteiger partial charge in [0.05, 0.1) is 31.8 Å². The number of nitrogens with one attached hydrogen (secondary N) is 1. The average Bonchev–Trinajstić information content (AvgIpc) is 2.71. The van der Waals surface area contributed by atoms with E-state index in [0.29, 0.717) is 5.69 Å². The van der Waals surface area contributed by atoms with Crippen LogP contribution in [0.25, 0.3) is 0 Å². The molecule has 2 amide bonds. The Morgan fingerprint density at radius 2 is 2.05 bits per heavy atom. The van der Waals surface area contributed by atoms with Crippen molar-refractivity contribution in [2.75, 3.05) is 18.6 Å². The Morgan fingerprint density at radius 3 is 2.68 bits per heavy atom. The smallest absolute Gasteiger partial charge is 0.319 e. The number of rotatable bonds is 4. The van der Waals surface area contributed by atoms with Gasteiger partial charge in [0.2, 0.25) is 5.91 Å². The number of anilines is 1. The van der Waals surface area contributed by atoms with E-state index in [4.69, 9.17) is 0 Å². The molecule has 19 heavy (non-hydrogen) atoms. The number of hydrogen-bond donors (Lipinski definition) is 1. The number of hydrogen-bond acceptors (Lipinski definition) is 5. The highest BCUT2D eigenvalue weighted by Crippen LogP contribution is 2.22. The number of imide groups is 1. The third kappa shape index (κ3) is 2.79. The lowest BCUT2D eigenvalue weighted by Crippen LogP contribution is -2.41. The first kappa shape index (κ1) is 13.2. The van der Waals surface area contributed by atoms with Crippen LogP contribution in [0.3, 0.4) is 0 Å². The van der Waals surface area contributed by atoms with Crippen LogP contribution in [0.4, 0.5) is 5.69 Å². The normalized spacial score (nSPS) is 18.8. The molecule has 0 unspecified atom stereocenters. The Bertz CT molecular complexity index is 501. The molecule has 0 aliphatic carbocycles. The zero-order valence-corrected chi connectivity index (χ0v) is 10.5. The topological polar surface area (TPSA) is 75.7 Å². The first-order chi connectivity index (χ1) is 9.13. The molecule has 0 spiro atoms. The summed E-state index contributed by atoms with van der Waals surface area (Å²) in [6.45, 7) is -0.0944. The van der Waals surface area contributed by atoms with E-state index in [1.165, 1.54) is 7.11 Å². The summed E-state index contributed by atoms with van der Waals surface area (Å²) >= 11 is 0. The van der Waals surface area contributed by atoms with Gasteiger partial charge in [0.1, 0.15) is 0 Å². The Morgan fingerprint density at radius 1 is 1.37 bits per heavy atom. The van der Waals surface area contributed by atoms with Crippen molar-refractivity contribution in [1.29, 1.82) is 0 Å². The molecule has 1 aromatic rings. The van der Waals surface area contributed by atoms with Crippen molar-refractivity contribution in [1.82, 2.24) is 5.32 Å². The molecule has 6 heteroatoms. The van der Waals surface area contributed by atoms with Gasteiger partial charge in [0.25, 0.3) is 5.91 Å². The fourth-order valence-electron chi connectivity index (χ4n) is 1.92. The molecule has 0 aromatic heterocycles. The maximum atomic E-state index is 12.1. The maximum Gasteiger partial charge on any atom is 0.319 e. The van der Waals surface area contributed by atoms with Crippen LogP contribution in [0, 0.1) is 0 Å². The van der Waals surface area contributed by atoms with Gasteiger partial charge in [-0.2, -0.15) is 0 Å². The van der Waals surface area contributed by atoms with Gasteiger partial charge in [-0.15, -0.1) is 0 Å². The van der Waals surface area contributed by atoms with Crippen molar-refractivity contribution in [2.24, 2.45) is 0 Å². The van der Waals surface area contributed by atoms with E-state index >= 15 is 0 Å². The first-order valence-corrected chi connectivity index (χ1v) is 5.85. The van der Waals surface area contributed by atoms with E-state index in [1.54, 1.807) is 24.3 Å². The van der Waals surface area contributed by atoms with Gasteiger partial charge in [0.15, 0.2) is 0 Å². The van der Waals surface area contributed by atoms with E-state index in [0.717, 1.165) is 4.90 Å². The third-order valence-corrected chi connectivity index (χ3v) is 2.88. The summed E-state index contributed by atoms with van der Waals surface area (Å²) in [6, 6.07) is 8.03. The molecule has 1 atom stereocenters. The molecule has 1 aliphatic heterocycles. The first-order valence-electron chi connectivity index (χ1n) is 5.85. The molecule has 100 valence electrons. The minimum Gasteiger partial charge on any atom is -0.468 e. The summed E-state index contributed by atoms with van der Waals surface area (Å²) in [7, 11) is 1.27. The molecule has 0 bridgehead atoms. The zero-order valence-electron chi connectivity index (χ0n) is 10.5. The molecule has 1 fully saturated rings. The molecule has 2 rings (SSSR count). The van der Waals surface area contributed by atoms with Crippen LogP contribution in [0.2, 0.25) is 0 Å². The molecular formula is C13H14N2O4. The monoisotopic (exact) mass is 262 g/mol. The predicted molar refractivity (Wildman–Crippen MR) is 67.4 cm³/mol. The van der Waals surface area contributed by atoms with Crippen molar-refractivity contribution in [3.8, 4) is 0 Å². The fourth-order valence-corrected chi connectivity index (χ4v) is 1.92. The number of carbonyl (C=O) groups is 3. The van der Waals surface area contributed by atoms with Crippen molar-refractivity contribution in [2.45, 2.75) is 12.5 Å². The second-order valence-corrected chi connectivity index (χ2v) is 4.12. The lowest BCUT2D eigenvalue weighted by molar-refractivity contribution is -0.139. The summed E-state index contributed by atoms with van der Waals surface area (Å²) in [4.78, 5) is 36.1. The Hall–Kier alpha value is -2.21. The number of nitrogens with zero attached hydrogens (tertiary/aromatic N) is 1. The maximum absolute atomic E-state index is 12.1. The summed E-state index contributed by atoms with van der Waals surface area (Å²) in [5.74, 6) is -1.10. The molecule has 1 saturated heterocycles. The lowest BCUT2D eigenvalue weighted by atomic mass is 10.2. The number of methoxy groups -OCH3 is 1. The van der Waals surface area contributed by atoms with E-state index in [-0.39, 0.29) is 24.8 Å². The molecular weight excluding hydrogens is 248 g/mol. The Labute approximate surface area is 110 Å². The number of para-hydroxylation sites is 1. The number of carbonyl (C=O) groups excluding carboxylic acids is 3. The van der Waals surface area contributed by atoms with Gasteiger partial charge < -0.3 is 4.74 Å². The highest BCUT2D eigenvalue weighted by Gasteiger charge is 2.39. The van der Waals surface area contributed by atoms with Crippen LogP contribution in [0.1, 0.15) is 6.42 Å². The van der Waals surface area contributed by atoms with Crippen LogP contribution in [0.15, 0.2) is 30.3 Å². The molecule has 0 radical (unpaired) electrons. The van der Waals surface area contributed by atoms with E-state index in [9.17, 15) is 14.4 Å². The standard InChI is InChI=1S/C13H14N2O4/c1-19-12(17)8-14-10-7-11(16)15(13(10)18)9-5-3-2-4-6-9/h2-6,10,14H,7-8H2,1H3/t10-/m0/s1. The molecule has 1 heterocycles. The number of ether oxygens (including phenoxy) is 1. The van der Waals surface area contributed by atoms with Crippen molar-refractivity contribution in [3.05, 3.63) is 30.3 Å². The van der Waals surface area contributed by atoms with E-state index < -0.39 is 12.0 Å². The highest BCUT2D eigenvalue weighted by molar-refractivity contribution is 6.22. The third-order valence-electron chi connectivity index (χ3n) is 2.88. The minimum atomic E-state index is -0.674. The number of benzene rings is 1. The van der Waals surface area contributed by atoms with Gasteiger partial charge >= 0.3 is 5.97 Å². The van der Waals surface area contributed by atoms with Crippen LogP contribution >= 0.6 is 0 Å². The zero-order chi connectivity index (χ0) is 13.8. The summed E-state index contributed by atoms with van der Waals surface area (Å²) in [6.07, 6.45) is 0.0464. The molecule has 1 aliphatic rings. The van der Waals surface area contributed by atoms with Gasteiger partial charge in [-0.1, -0.05) is 18.2 Å². The Kier molecular flexibility index (Phi) is 3.91. The molecule has 0 saturated carbocycles. The van der Waals surface area contributed by atoms with Gasteiger partial charge in [-0.25, -0.2) is 4.90 Å². The van der Waals surface area contributed by atoms with Gasteiger partial charge in [0, 0.05) is 0 Å². The van der Waals surface area contributed by atoms with Crippen LogP contribution in [-0.2, 0) is 19.1 Å². The van der Waals surface area contributed by atoms with Gasteiger partial charge in [-0.05, 0) is 12.1 Å². The lowest BCUT2D eigenvalue weighted by Gasteiger charge is -2.15. The average molecular weight is 262 g/mol. The summed E-state index contributed by atoms with van der Waals surface area (Å²) < 4.78 is 4.47. The van der Waals surface area contributed by atoms with Gasteiger partial charge in [-0.3, -0.25) is 19.7 Å². The van der Waals surface area contributed by atoms with E-state index in [2.05, 4.69) is 10.1 Å². The molecule has 6 nitrogen and oxygen atoms in total. The van der Waals surface area contributed by atoms with Crippen molar-refractivity contribution >= 4 is 23.5 Å². The summed E-state index contributed by atoms with van der Waals surface area (Å²) in [5.41, 5.74) is 0.542. The second kappa shape index (κ2) is 5.62. The van der Waals surface area contributed by atoms with Crippen LogP contribution < -0.4 is 10.2 Å². The number of amides is 2. The van der Waals surface area contributed by atoms with E-state index in [1.807, 2.05) is 6.07 Å². The summed E-state index contributed by atoms with van der Waals surface area (Å²) in [5, 5.41) is 2.73. The van der Waals surface area contributed by atoms with Crippen LogP contribution in [0.5, 0.6) is 0 Å². The minimum absolute atomic E-state index is 0.0464. The predicted octanol–water partition coefficient (Wildman–Crippen LogP) is 0.0811. The number of esters is 1. The molecule has 1 aromatic carbocycles.